The molecule has 1 aromatic carbocycles. The van der Waals surface area contributed by atoms with E-state index < -0.39 is 0 Å². The standard InChI is InChI=1S/C21H19N3O3S2/c1-14-5-2-3-6-16(14)27-9-8-22-18(25)11-24-13-23-20-19(21(24)26)15(12-29-20)17-7-4-10-28-17/h2-7,10,12-13H,8-9,11H2,1H3,(H,22,25). The third kappa shape index (κ3) is 4.23. The molecule has 0 unspecified atom stereocenters. The number of amides is 1. The van der Waals surface area contributed by atoms with Crippen molar-refractivity contribution in [1.29, 1.82) is 0 Å². The normalized spacial score (nSPS) is 10.9. The molecule has 4 aromatic rings. The molecule has 0 atom stereocenters. The molecule has 6 nitrogen and oxygen atoms in total. The number of aryl methyl sites for hydroxylation is 1. The van der Waals surface area contributed by atoms with Gasteiger partial charge in [0.1, 0.15) is 23.7 Å². The average Bonchev–Trinajstić information content (AvgIpc) is 3.38. The Bertz CT molecular complexity index is 1200. The summed E-state index contributed by atoms with van der Waals surface area (Å²) in [7, 11) is 0. The van der Waals surface area contributed by atoms with Gasteiger partial charge in [-0.25, -0.2) is 4.98 Å². The molecule has 0 saturated carbocycles. The smallest absolute Gasteiger partial charge is 0.263 e. The number of hydrogen-bond acceptors (Lipinski definition) is 6. The summed E-state index contributed by atoms with van der Waals surface area (Å²) in [6.07, 6.45) is 1.43. The Labute approximate surface area is 175 Å². The maximum atomic E-state index is 12.9. The Morgan fingerprint density at radius 1 is 1.21 bits per heavy atom. The summed E-state index contributed by atoms with van der Waals surface area (Å²) in [5, 5.41) is 7.27. The van der Waals surface area contributed by atoms with Crippen LogP contribution in [0.4, 0.5) is 0 Å². The van der Waals surface area contributed by atoms with Crippen LogP contribution in [0.1, 0.15) is 5.56 Å². The van der Waals surface area contributed by atoms with Gasteiger partial charge in [-0.2, -0.15) is 0 Å². The van der Waals surface area contributed by atoms with Crippen LogP contribution >= 0.6 is 22.7 Å². The lowest BCUT2D eigenvalue weighted by atomic mass is 10.2. The molecule has 29 heavy (non-hydrogen) atoms. The highest BCUT2D eigenvalue weighted by Gasteiger charge is 2.15. The maximum Gasteiger partial charge on any atom is 0.263 e. The predicted octanol–water partition coefficient (Wildman–Crippen LogP) is 3.69. The van der Waals surface area contributed by atoms with Crippen LogP contribution in [0, 0.1) is 6.92 Å². The molecule has 3 heterocycles. The van der Waals surface area contributed by atoms with E-state index >= 15 is 0 Å². The third-order valence-electron chi connectivity index (χ3n) is 4.44. The number of rotatable bonds is 7. The Hall–Kier alpha value is -2.97. The molecule has 4 rings (SSSR count). The monoisotopic (exact) mass is 425 g/mol. The zero-order valence-electron chi connectivity index (χ0n) is 15.8. The molecule has 1 N–H and O–H groups in total. The highest BCUT2D eigenvalue weighted by molar-refractivity contribution is 7.18. The number of para-hydroxylation sites is 1. The van der Waals surface area contributed by atoms with Crippen LogP contribution in [-0.4, -0.2) is 28.6 Å². The predicted molar refractivity (Wildman–Crippen MR) is 117 cm³/mol. The first-order valence-corrected chi connectivity index (χ1v) is 10.8. The summed E-state index contributed by atoms with van der Waals surface area (Å²) in [6, 6.07) is 11.6. The van der Waals surface area contributed by atoms with Gasteiger partial charge < -0.3 is 10.1 Å². The minimum absolute atomic E-state index is 0.0775. The summed E-state index contributed by atoms with van der Waals surface area (Å²) < 4.78 is 7.02. The van der Waals surface area contributed by atoms with Gasteiger partial charge in [-0.3, -0.25) is 14.2 Å². The van der Waals surface area contributed by atoms with E-state index in [1.807, 2.05) is 54.1 Å². The maximum absolute atomic E-state index is 12.9. The number of thiophene rings is 2. The highest BCUT2D eigenvalue weighted by atomic mass is 32.1. The van der Waals surface area contributed by atoms with Crippen molar-refractivity contribution in [2.75, 3.05) is 13.2 Å². The lowest BCUT2D eigenvalue weighted by Gasteiger charge is -2.10. The Morgan fingerprint density at radius 3 is 2.86 bits per heavy atom. The fourth-order valence-corrected chi connectivity index (χ4v) is 4.69. The van der Waals surface area contributed by atoms with Crippen LogP contribution < -0.4 is 15.6 Å². The van der Waals surface area contributed by atoms with Crippen molar-refractivity contribution in [3.05, 3.63) is 69.4 Å². The number of nitrogens with zero attached hydrogens (tertiary/aromatic N) is 2. The van der Waals surface area contributed by atoms with E-state index in [0.717, 1.165) is 21.8 Å². The van der Waals surface area contributed by atoms with Crippen molar-refractivity contribution < 1.29 is 9.53 Å². The molecule has 8 heteroatoms. The van der Waals surface area contributed by atoms with Crippen LogP contribution in [0.3, 0.4) is 0 Å². The van der Waals surface area contributed by atoms with Gasteiger partial charge >= 0.3 is 0 Å². The number of nitrogens with one attached hydrogen (secondary N) is 1. The van der Waals surface area contributed by atoms with E-state index in [-0.39, 0.29) is 18.0 Å². The van der Waals surface area contributed by atoms with Crippen molar-refractivity contribution in [3.63, 3.8) is 0 Å². The molecule has 0 spiro atoms. The minimum Gasteiger partial charge on any atom is -0.491 e. The lowest BCUT2D eigenvalue weighted by molar-refractivity contribution is -0.121. The zero-order chi connectivity index (χ0) is 20.2. The second-order valence-electron chi connectivity index (χ2n) is 6.45. The number of benzene rings is 1. The fraction of sp³-hybridized carbons (Fsp3) is 0.190. The zero-order valence-corrected chi connectivity index (χ0v) is 17.4. The second-order valence-corrected chi connectivity index (χ2v) is 8.25. The van der Waals surface area contributed by atoms with Crippen molar-refractivity contribution in [2.24, 2.45) is 0 Å². The molecule has 0 bridgehead atoms. The van der Waals surface area contributed by atoms with Crippen LogP contribution in [-0.2, 0) is 11.3 Å². The van der Waals surface area contributed by atoms with E-state index in [2.05, 4.69) is 10.3 Å². The van der Waals surface area contributed by atoms with Crippen LogP contribution in [0.5, 0.6) is 5.75 Å². The number of hydrogen-bond donors (Lipinski definition) is 1. The van der Waals surface area contributed by atoms with E-state index in [1.165, 1.54) is 22.2 Å². The van der Waals surface area contributed by atoms with Crippen molar-refractivity contribution >= 4 is 38.8 Å². The molecule has 0 radical (unpaired) electrons. The van der Waals surface area contributed by atoms with Crippen molar-refractivity contribution in [2.45, 2.75) is 13.5 Å². The largest absolute Gasteiger partial charge is 0.491 e. The van der Waals surface area contributed by atoms with Gasteiger partial charge in [0.15, 0.2) is 0 Å². The van der Waals surface area contributed by atoms with Gasteiger partial charge in [0.05, 0.1) is 18.3 Å². The topological polar surface area (TPSA) is 73.2 Å². The molecule has 0 aliphatic heterocycles. The van der Waals surface area contributed by atoms with Gasteiger partial charge in [-0.05, 0) is 30.0 Å². The average molecular weight is 426 g/mol. The van der Waals surface area contributed by atoms with Gasteiger partial charge in [-0.15, -0.1) is 22.7 Å². The second kappa shape index (κ2) is 8.59. The first kappa shape index (κ1) is 19.4. The lowest BCUT2D eigenvalue weighted by Crippen LogP contribution is -2.34. The Morgan fingerprint density at radius 2 is 2.07 bits per heavy atom. The summed E-state index contributed by atoms with van der Waals surface area (Å²) in [5.41, 5.74) is 1.71. The van der Waals surface area contributed by atoms with Crippen molar-refractivity contribution in [3.8, 4) is 16.2 Å². The van der Waals surface area contributed by atoms with Crippen LogP contribution in [0.25, 0.3) is 20.7 Å². The van der Waals surface area contributed by atoms with E-state index in [4.69, 9.17) is 4.74 Å². The summed E-state index contributed by atoms with van der Waals surface area (Å²) >= 11 is 3.01. The molecule has 1 amide bonds. The summed E-state index contributed by atoms with van der Waals surface area (Å²) in [4.78, 5) is 31.3. The van der Waals surface area contributed by atoms with Gasteiger partial charge in [0.25, 0.3) is 5.56 Å². The minimum atomic E-state index is -0.255. The van der Waals surface area contributed by atoms with Gasteiger partial charge in [0.2, 0.25) is 5.91 Å². The Kier molecular flexibility index (Phi) is 5.73. The molecular formula is C21H19N3O3S2. The molecular weight excluding hydrogens is 406 g/mol. The van der Waals surface area contributed by atoms with Crippen LogP contribution in [0.2, 0.25) is 0 Å². The van der Waals surface area contributed by atoms with E-state index in [1.54, 1.807) is 11.3 Å². The van der Waals surface area contributed by atoms with Gasteiger partial charge in [0, 0.05) is 15.8 Å². The third-order valence-corrected chi connectivity index (χ3v) is 6.23. The van der Waals surface area contributed by atoms with Crippen LogP contribution in [0.15, 0.2) is 58.3 Å². The van der Waals surface area contributed by atoms with E-state index in [0.29, 0.717) is 23.4 Å². The number of aromatic nitrogens is 2. The number of carbonyl (C=O) groups is 1. The van der Waals surface area contributed by atoms with Gasteiger partial charge in [-0.1, -0.05) is 24.3 Å². The molecule has 0 saturated heterocycles. The highest BCUT2D eigenvalue weighted by Crippen LogP contribution is 2.33. The first-order valence-electron chi connectivity index (χ1n) is 9.09. The summed E-state index contributed by atoms with van der Waals surface area (Å²) in [6.45, 7) is 2.61. The van der Waals surface area contributed by atoms with Crippen molar-refractivity contribution in [1.82, 2.24) is 14.9 Å². The molecule has 3 aromatic heterocycles. The first-order chi connectivity index (χ1) is 14.1. The molecule has 0 aliphatic rings. The number of fused-ring (bicyclic) bond motifs is 1. The SMILES string of the molecule is Cc1ccccc1OCCNC(=O)Cn1cnc2scc(-c3cccs3)c2c1=O. The fourth-order valence-electron chi connectivity index (χ4n) is 2.97. The quantitative estimate of drug-likeness (QED) is 0.459. The number of carbonyl (C=O) groups excluding carboxylic acids is 1. The molecule has 148 valence electrons. The summed E-state index contributed by atoms with van der Waals surface area (Å²) in [5.74, 6) is 0.542. The molecule has 0 aliphatic carbocycles. The Balaban J connectivity index is 1.41. The van der Waals surface area contributed by atoms with E-state index in [9.17, 15) is 9.59 Å². The molecule has 0 fully saturated rings. The number of ether oxygens (including phenoxy) is 1.